The lowest BCUT2D eigenvalue weighted by Gasteiger charge is -2.37. The van der Waals surface area contributed by atoms with Crippen LogP contribution < -0.4 is 5.32 Å². The van der Waals surface area contributed by atoms with Crippen molar-refractivity contribution in [2.45, 2.75) is 54.1 Å². The van der Waals surface area contributed by atoms with E-state index in [1.807, 2.05) is 19.1 Å². The molecule has 2 unspecified atom stereocenters. The second-order valence-electron chi connectivity index (χ2n) is 7.34. The molecule has 0 saturated carbocycles. The van der Waals surface area contributed by atoms with E-state index in [0.29, 0.717) is 37.3 Å². The van der Waals surface area contributed by atoms with Crippen LogP contribution in [0.5, 0.6) is 0 Å². The molecule has 2 aliphatic heterocycles. The summed E-state index contributed by atoms with van der Waals surface area (Å²) in [6.07, 6.45) is 2.17. The molecule has 2 aromatic carbocycles. The number of halogens is 1. The Kier molecular flexibility index (Phi) is 5.21. The summed E-state index contributed by atoms with van der Waals surface area (Å²) >= 11 is 8.03. The van der Waals surface area contributed by atoms with Crippen molar-refractivity contribution < 1.29 is 14.6 Å². The summed E-state index contributed by atoms with van der Waals surface area (Å²) in [5, 5.41) is 13.5. The molecule has 2 atom stereocenters. The molecule has 2 aliphatic rings. The summed E-state index contributed by atoms with van der Waals surface area (Å²) in [5.74, 6) is 0.0143. The van der Waals surface area contributed by atoms with E-state index < -0.39 is 5.60 Å². The van der Waals surface area contributed by atoms with Gasteiger partial charge in [0.05, 0.1) is 29.0 Å². The molecule has 0 aromatic heterocycles. The zero-order valence-electron chi connectivity index (χ0n) is 15.1. The number of ether oxygens (including phenoxy) is 1. The number of carbonyl (C=O) groups is 1. The van der Waals surface area contributed by atoms with Crippen molar-refractivity contribution in [1.82, 2.24) is 0 Å². The third-order valence-corrected chi connectivity index (χ3v) is 6.47. The Morgan fingerprint density at radius 2 is 2.11 bits per heavy atom. The van der Waals surface area contributed by atoms with Crippen molar-refractivity contribution in [3.63, 3.8) is 0 Å². The Labute approximate surface area is 168 Å². The van der Waals surface area contributed by atoms with Crippen LogP contribution in [0.25, 0.3) is 0 Å². The number of amides is 1. The topological polar surface area (TPSA) is 58.6 Å². The van der Waals surface area contributed by atoms with Gasteiger partial charge >= 0.3 is 0 Å². The molecular weight excluding hydrogens is 382 g/mol. The highest BCUT2D eigenvalue weighted by Crippen LogP contribution is 2.40. The average Bonchev–Trinajstić information content (AvgIpc) is 2.62. The van der Waals surface area contributed by atoms with Crippen molar-refractivity contribution in [3.05, 3.63) is 52.5 Å². The van der Waals surface area contributed by atoms with Gasteiger partial charge < -0.3 is 15.2 Å². The van der Waals surface area contributed by atoms with Crippen molar-refractivity contribution in [2.75, 3.05) is 11.9 Å². The van der Waals surface area contributed by atoms with Crippen molar-refractivity contribution in [2.24, 2.45) is 0 Å². The van der Waals surface area contributed by atoms with Gasteiger partial charge in [0.25, 0.3) is 0 Å². The molecule has 1 saturated heterocycles. The minimum Gasteiger partial charge on any atom is -0.393 e. The quantitative estimate of drug-likeness (QED) is 0.775. The SMILES string of the molecule is CC1(c2cccc(Sc3cc(Cl)c4c(c3)CCC(=O)N4)c2)CC(O)CCO1. The van der Waals surface area contributed by atoms with E-state index in [2.05, 4.69) is 29.6 Å². The molecule has 1 fully saturated rings. The molecule has 2 heterocycles. The lowest BCUT2D eigenvalue weighted by atomic mass is 9.87. The summed E-state index contributed by atoms with van der Waals surface area (Å²) in [4.78, 5) is 13.7. The fourth-order valence-corrected chi connectivity index (χ4v) is 5.07. The van der Waals surface area contributed by atoms with Crippen molar-refractivity contribution in [1.29, 1.82) is 0 Å². The molecule has 2 N–H and O–H groups in total. The van der Waals surface area contributed by atoms with E-state index in [9.17, 15) is 9.90 Å². The van der Waals surface area contributed by atoms with Gasteiger partial charge in [-0.25, -0.2) is 0 Å². The zero-order chi connectivity index (χ0) is 19.0. The van der Waals surface area contributed by atoms with Crippen LogP contribution in [-0.4, -0.2) is 23.7 Å². The summed E-state index contributed by atoms with van der Waals surface area (Å²) in [6, 6.07) is 12.3. The van der Waals surface area contributed by atoms with Crippen LogP contribution in [0.15, 0.2) is 46.2 Å². The van der Waals surface area contributed by atoms with E-state index in [-0.39, 0.29) is 12.0 Å². The number of anilines is 1. The number of aryl methyl sites for hydroxylation is 1. The van der Waals surface area contributed by atoms with Gasteiger partial charge in [0, 0.05) is 22.6 Å². The van der Waals surface area contributed by atoms with E-state index in [1.54, 1.807) is 11.8 Å². The molecule has 4 nitrogen and oxygen atoms in total. The highest BCUT2D eigenvalue weighted by molar-refractivity contribution is 7.99. The van der Waals surface area contributed by atoms with E-state index in [0.717, 1.165) is 26.6 Å². The number of aliphatic hydroxyl groups excluding tert-OH is 1. The molecule has 0 radical (unpaired) electrons. The van der Waals surface area contributed by atoms with Crippen LogP contribution in [-0.2, 0) is 21.6 Å². The van der Waals surface area contributed by atoms with Gasteiger partial charge in [-0.1, -0.05) is 35.5 Å². The van der Waals surface area contributed by atoms with Crippen LogP contribution in [0.3, 0.4) is 0 Å². The van der Waals surface area contributed by atoms with Gasteiger partial charge in [0.15, 0.2) is 0 Å². The van der Waals surface area contributed by atoms with Gasteiger partial charge in [-0.15, -0.1) is 0 Å². The van der Waals surface area contributed by atoms with Gasteiger partial charge in [-0.05, 0) is 55.2 Å². The Morgan fingerprint density at radius 1 is 1.26 bits per heavy atom. The molecule has 6 heteroatoms. The van der Waals surface area contributed by atoms with Crippen molar-refractivity contribution >= 4 is 35.0 Å². The van der Waals surface area contributed by atoms with E-state index >= 15 is 0 Å². The number of rotatable bonds is 3. The highest BCUT2D eigenvalue weighted by atomic mass is 35.5. The average molecular weight is 404 g/mol. The third kappa shape index (κ3) is 4.02. The van der Waals surface area contributed by atoms with Crippen LogP contribution in [0.1, 0.15) is 37.3 Å². The molecule has 27 heavy (non-hydrogen) atoms. The normalized spacial score (nSPS) is 25.0. The number of aliphatic hydroxyl groups is 1. The summed E-state index contributed by atoms with van der Waals surface area (Å²) < 4.78 is 6.00. The summed E-state index contributed by atoms with van der Waals surface area (Å²) in [5.41, 5.74) is 2.42. The van der Waals surface area contributed by atoms with Gasteiger partial charge in [-0.3, -0.25) is 4.79 Å². The van der Waals surface area contributed by atoms with Gasteiger partial charge in [-0.2, -0.15) is 0 Å². The first-order valence-corrected chi connectivity index (χ1v) is 10.4. The van der Waals surface area contributed by atoms with Crippen molar-refractivity contribution in [3.8, 4) is 0 Å². The lowest BCUT2D eigenvalue weighted by Crippen LogP contribution is -2.37. The highest BCUT2D eigenvalue weighted by Gasteiger charge is 2.34. The number of fused-ring (bicyclic) bond motifs is 1. The van der Waals surface area contributed by atoms with E-state index in [4.69, 9.17) is 16.3 Å². The predicted molar refractivity (Wildman–Crippen MR) is 108 cm³/mol. The molecule has 0 aliphatic carbocycles. The maximum atomic E-state index is 11.6. The molecule has 4 rings (SSSR count). The standard InChI is InChI=1S/C21H22ClNO3S/c1-21(12-15(24)7-8-26-21)14-3-2-4-16(10-14)27-17-9-13-5-6-19(25)23-20(13)18(22)11-17/h2-4,9-11,15,24H,5-8,12H2,1H3,(H,23,25). The molecule has 2 aromatic rings. The molecule has 0 bridgehead atoms. The maximum Gasteiger partial charge on any atom is 0.224 e. The first kappa shape index (κ1) is 18.8. The molecule has 1 amide bonds. The molecular formula is C21H22ClNO3S. The Bertz CT molecular complexity index is 888. The lowest BCUT2D eigenvalue weighted by molar-refractivity contribution is -0.116. The van der Waals surface area contributed by atoms with Crippen LogP contribution in [0, 0.1) is 0 Å². The Morgan fingerprint density at radius 3 is 2.93 bits per heavy atom. The van der Waals surface area contributed by atoms with Gasteiger partial charge in [0.1, 0.15) is 0 Å². The first-order chi connectivity index (χ1) is 12.9. The van der Waals surface area contributed by atoms with Crippen LogP contribution >= 0.6 is 23.4 Å². The molecule has 142 valence electrons. The number of benzene rings is 2. The Hall–Kier alpha value is -1.53. The fraction of sp³-hybridized carbons (Fsp3) is 0.381. The minimum atomic E-state index is -0.466. The summed E-state index contributed by atoms with van der Waals surface area (Å²) in [7, 11) is 0. The number of hydrogen-bond donors (Lipinski definition) is 2. The smallest absolute Gasteiger partial charge is 0.224 e. The van der Waals surface area contributed by atoms with Crippen LogP contribution in [0.4, 0.5) is 5.69 Å². The second kappa shape index (κ2) is 7.47. The Balaban J connectivity index is 1.59. The van der Waals surface area contributed by atoms with Crippen LogP contribution in [0.2, 0.25) is 5.02 Å². The number of hydrogen-bond acceptors (Lipinski definition) is 4. The molecule has 0 spiro atoms. The summed E-state index contributed by atoms with van der Waals surface area (Å²) in [6.45, 7) is 2.61. The first-order valence-electron chi connectivity index (χ1n) is 9.16. The number of nitrogens with one attached hydrogen (secondary N) is 1. The minimum absolute atomic E-state index is 0.0143. The fourth-order valence-electron chi connectivity index (χ4n) is 3.74. The predicted octanol–water partition coefficient (Wildman–Crippen LogP) is 4.76. The monoisotopic (exact) mass is 403 g/mol. The second-order valence-corrected chi connectivity index (χ2v) is 8.90. The van der Waals surface area contributed by atoms with E-state index in [1.165, 1.54) is 0 Å². The third-order valence-electron chi connectivity index (χ3n) is 5.21. The van der Waals surface area contributed by atoms with Gasteiger partial charge in [0.2, 0.25) is 5.91 Å². The zero-order valence-corrected chi connectivity index (χ0v) is 16.7. The largest absolute Gasteiger partial charge is 0.393 e. The maximum absolute atomic E-state index is 11.6. The number of carbonyl (C=O) groups excluding carboxylic acids is 1.